The lowest BCUT2D eigenvalue weighted by Crippen LogP contribution is -2.38. The van der Waals surface area contributed by atoms with E-state index in [0.29, 0.717) is 0 Å². The Kier molecular flexibility index (Phi) is 5.50. The Morgan fingerprint density at radius 1 is 1.27 bits per heavy atom. The third-order valence-electron chi connectivity index (χ3n) is 1.84. The molecular formula is C9H13NO5. The van der Waals surface area contributed by atoms with E-state index < -0.39 is 12.0 Å². The van der Waals surface area contributed by atoms with Gasteiger partial charge in [-0.25, -0.2) is 0 Å². The predicted molar refractivity (Wildman–Crippen MR) is 50.6 cm³/mol. The molecule has 0 bridgehead atoms. The molecule has 0 radical (unpaired) electrons. The molecule has 1 unspecified atom stereocenters. The fraction of sp³-hybridized carbons (Fsp3) is 0.222. The van der Waals surface area contributed by atoms with Crippen molar-refractivity contribution in [3.8, 4) is 0 Å². The standard InChI is InChI=1S/C9H11NO4.H2O/c11-9(12)8(10(13)14)6-7-4-2-1-3-5-7;/h1-5,8,13-14H,6H2,(H,11,12);1H2. The van der Waals surface area contributed by atoms with E-state index in [4.69, 9.17) is 15.5 Å². The number of nitrogens with zero attached hydrogens (tertiary/aromatic N) is 1. The quantitative estimate of drug-likeness (QED) is 0.609. The topological polar surface area (TPSA) is 112 Å². The summed E-state index contributed by atoms with van der Waals surface area (Å²) in [7, 11) is 0. The van der Waals surface area contributed by atoms with Gasteiger partial charge in [-0.1, -0.05) is 35.6 Å². The zero-order valence-electron chi connectivity index (χ0n) is 7.87. The minimum Gasteiger partial charge on any atom is -0.480 e. The van der Waals surface area contributed by atoms with Gasteiger partial charge in [0.25, 0.3) is 0 Å². The molecule has 0 spiro atoms. The normalized spacial score (nSPS) is 11.9. The van der Waals surface area contributed by atoms with Gasteiger partial charge in [-0.3, -0.25) is 15.2 Å². The minimum atomic E-state index is -1.34. The molecule has 0 aliphatic carbocycles. The van der Waals surface area contributed by atoms with Crippen molar-refractivity contribution >= 4 is 5.97 Å². The van der Waals surface area contributed by atoms with Crippen LogP contribution < -0.4 is 0 Å². The monoisotopic (exact) mass is 215 g/mol. The molecule has 0 aromatic heterocycles. The summed E-state index contributed by atoms with van der Waals surface area (Å²) in [6, 6.07) is 7.42. The molecule has 6 nitrogen and oxygen atoms in total. The second kappa shape index (κ2) is 6.10. The Morgan fingerprint density at radius 3 is 2.20 bits per heavy atom. The first kappa shape index (κ1) is 13.5. The Labute approximate surface area is 86.2 Å². The summed E-state index contributed by atoms with van der Waals surface area (Å²) in [4.78, 5) is 10.6. The van der Waals surface area contributed by atoms with Gasteiger partial charge in [0.2, 0.25) is 0 Å². The summed E-state index contributed by atoms with van der Waals surface area (Å²) in [5, 5.41) is 25.7. The van der Waals surface area contributed by atoms with E-state index in [0.717, 1.165) is 5.56 Å². The second-order valence-electron chi connectivity index (χ2n) is 2.86. The number of carboxylic acids is 1. The summed E-state index contributed by atoms with van der Waals surface area (Å²) in [6.45, 7) is 0. The van der Waals surface area contributed by atoms with Crippen molar-refractivity contribution in [1.82, 2.24) is 5.23 Å². The number of hydroxylamine groups is 2. The van der Waals surface area contributed by atoms with Crippen LogP contribution in [0, 0.1) is 0 Å². The van der Waals surface area contributed by atoms with Crippen molar-refractivity contribution in [1.29, 1.82) is 0 Å². The van der Waals surface area contributed by atoms with Gasteiger partial charge in [-0.2, -0.15) is 0 Å². The molecule has 0 aliphatic heterocycles. The number of hydrogen-bond acceptors (Lipinski definition) is 4. The molecule has 15 heavy (non-hydrogen) atoms. The van der Waals surface area contributed by atoms with Crippen molar-refractivity contribution in [2.45, 2.75) is 12.5 Å². The van der Waals surface area contributed by atoms with Crippen molar-refractivity contribution in [2.75, 3.05) is 0 Å². The molecule has 1 aromatic carbocycles. The van der Waals surface area contributed by atoms with Crippen molar-refractivity contribution in [3.05, 3.63) is 35.9 Å². The molecule has 0 aliphatic rings. The van der Waals surface area contributed by atoms with Gasteiger partial charge < -0.3 is 10.6 Å². The first-order chi connectivity index (χ1) is 6.61. The van der Waals surface area contributed by atoms with Gasteiger partial charge >= 0.3 is 5.97 Å². The van der Waals surface area contributed by atoms with Gasteiger partial charge in [0, 0.05) is 6.42 Å². The van der Waals surface area contributed by atoms with E-state index in [1.807, 2.05) is 0 Å². The lowest BCUT2D eigenvalue weighted by molar-refractivity contribution is -0.327. The summed E-state index contributed by atoms with van der Waals surface area (Å²) < 4.78 is 0. The molecular weight excluding hydrogens is 202 g/mol. The number of rotatable bonds is 4. The number of hydrogen-bond donors (Lipinski definition) is 3. The first-order valence-electron chi connectivity index (χ1n) is 4.05. The Hall–Kier alpha value is -1.47. The highest BCUT2D eigenvalue weighted by molar-refractivity contribution is 5.73. The van der Waals surface area contributed by atoms with Crippen LogP contribution in [0.1, 0.15) is 5.56 Å². The van der Waals surface area contributed by atoms with Crippen LogP contribution in [-0.2, 0) is 11.2 Å². The van der Waals surface area contributed by atoms with E-state index in [1.165, 1.54) is 0 Å². The SMILES string of the molecule is O.O=C(O)C(Cc1ccccc1)N(O)O. The molecule has 6 heteroatoms. The molecule has 1 atom stereocenters. The van der Waals surface area contributed by atoms with E-state index in [2.05, 4.69) is 0 Å². The van der Waals surface area contributed by atoms with Crippen LogP contribution in [0.2, 0.25) is 0 Å². The second-order valence-corrected chi connectivity index (χ2v) is 2.86. The van der Waals surface area contributed by atoms with Gasteiger partial charge in [0.05, 0.1) is 0 Å². The van der Waals surface area contributed by atoms with Crippen LogP contribution in [0.4, 0.5) is 0 Å². The van der Waals surface area contributed by atoms with E-state index >= 15 is 0 Å². The molecule has 84 valence electrons. The van der Waals surface area contributed by atoms with Crippen LogP contribution in [0.3, 0.4) is 0 Å². The maximum absolute atomic E-state index is 10.6. The summed E-state index contributed by atoms with van der Waals surface area (Å²) in [5.74, 6) is -1.28. The van der Waals surface area contributed by atoms with Gasteiger partial charge in [0.15, 0.2) is 6.04 Å². The van der Waals surface area contributed by atoms with Crippen molar-refractivity contribution in [3.63, 3.8) is 0 Å². The maximum Gasteiger partial charge on any atom is 0.326 e. The Balaban J connectivity index is 0.00000196. The molecule has 1 aromatic rings. The molecule has 1 rings (SSSR count). The van der Waals surface area contributed by atoms with Crippen LogP contribution in [0.15, 0.2) is 30.3 Å². The van der Waals surface area contributed by atoms with Crippen molar-refractivity contribution in [2.24, 2.45) is 0 Å². The lowest BCUT2D eigenvalue weighted by Gasteiger charge is -2.15. The van der Waals surface area contributed by atoms with Crippen LogP contribution in [0.25, 0.3) is 0 Å². The number of benzene rings is 1. The zero-order chi connectivity index (χ0) is 10.6. The average molecular weight is 215 g/mol. The van der Waals surface area contributed by atoms with Crippen LogP contribution in [0.5, 0.6) is 0 Å². The first-order valence-corrected chi connectivity index (χ1v) is 4.05. The molecule has 0 fully saturated rings. The Morgan fingerprint density at radius 2 is 1.80 bits per heavy atom. The van der Waals surface area contributed by atoms with Gasteiger partial charge in [-0.15, -0.1) is 0 Å². The lowest BCUT2D eigenvalue weighted by atomic mass is 10.1. The van der Waals surface area contributed by atoms with E-state index in [9.17, 15) is 4.79 Å². The predicted octanol–water partition coefficient (Wildman–Crippen LogP) is -0.0620. The number of aliphatic carboxylic acids is 1. The molecule has 5 N–H and O–H groups in total. The van der Waals surface area contributed by atoms with Crippen LogP contribution in [-0.4, -0.2) is 38.2 Å². The Bertz CT molecular complexity index is 301. The summed E-state index contributed by atoms with van der Waals surface area (Å²) >= 11 is 0. The third kappa shape index (κ3) is 4.05. The largest absolute Gasteiger partial charge is 0.480 e. The highest BCUT2D eigenvalue weighted by Gasteiger charge is 2.23. The van der Waals surface area contributed by atoms with Gasteiger partial charge in [0.1, 0.15) is 0 Å². The van der Waals surface area contributed by atoms with E-state index in [-0.39, 0.29) is 17.1 Å². The fourth-order valence-electron chi connectivity index (χ4n) is 1.11. The van der Waals surface area contributed by atoms with E-state index in [1.54, 1.807) is 30.3 Å². The average Bonchev–Trinajstić information content (AvgIpc) is 2.15. The van der Waals surface area contributed by atoms with Crippen LogP contribution >= 0.6 is 0 Å². The smallest absolute Gasteiger partial charge is 0.326 e. The maximum atomic E-state index is 10.6. The van der Waals surface area contributed by atoms with Gasteiger partial charge in [-0.05, 0) is 5.56 Å². The third-order valence-corrected chi connectivity index (χ3v) is 1.84. The summed E-state index contributed by atoms with van der Waals surface area (Å²) in [5.41, 5.74) is 0.730. The molecule has 0 heterocycles. The zero-order valence-corrected chi connectivity index (χ0v) is 7.87. The number of carbonyl (C=O) groups is 1. The molecule has 0 amide bonds. The molecule has 0 saturated carbocycles. The highest BCUT2D eigenvalue weighted by Crippen LogP contribution is 2.06. The highest BCUT2D eigenvalue weighted by atomic mass is 16.8. The minimum absolute atomic E-state index is 0. The molecule has 0 saturated heterocycles. The fourth-order valence-corrected chi connectivity index (χ4v) is 1.11. The number of carboxylic acid groups (broad SMARTS) is 1. The summed E-state index contributed by atoms with van der Waals surface area (Å²) in [6.07, 6.45) is 0.0448. The van der Waals surface area contributed by atoms with Crippen molar-refractivity contribution < 1.29 is 25.8 Å².